The Morgan fingerprint density at radius 3 is 2.26 bits per heavy atom. The molecule has 0 atom stereocenters. The van der Waals surface area contributed by atoms with Crippen molar-refractivity contribution in [3.8, 4) is 0 Å². The summed E-state index contributed by atoms with van der Waals surface area (Å²) in [6.45, 7) is 10.1. The highest BCUT2D eigenvalue weighted by Crippen LogP contribution is 2.45. The van der Waals surface area contributed by atoms with E-state index >= 15 is 0 Å². The molecule has 3 N–H and O–H groups in total. The predicted octanol–water partition coefficient (Wildman–Crippen LogP) is 2.90. The molecule has 0 heterocycles. The lowest BCUT2D eigenvalue weighted by Crippen LogP contribution is -2.47. The fraction of sp³-hybridized carbons (Fsp3) is 0.882. The van der Waals surface area contributed by atoms with Gasteiger partial charge in [-0.1, -0.05) is 20.3 Å². The van der Waals surface area contributed by atoms with Gasteiger partial charge in [0.25, 0.3) is 0 Å². The molecule has 0 aromatic heterocycles. The van der Waals surface area contributed by atoms with Gasteiger partial charge in [-0.3, -0.25) is 9.79 Å². The van der Waals surface area contributed by atoms with Gasteiger partial charge in [0.1, 0.15) is 0 Å². The first-order valence-corrected chi connectivity index (χ1v) is 8.61. The summed E-state index contributed by atoms with van der Waals surface area (Å²) in [5.41, 5.74) is 0.445. The largest absolute Gasteiger partial charge is 0.356 e. The maximum absolute atomic E-state index is 11.6. The van der Waals surface area contributed by atoms with Crippen LogP contribution in [-0.4, -0.2) is 38.0 Å². The third-order valence-corrected chi connectivity index (χ3v) is 4.20. The normalized spacial score (nSPS) is 16.6. The number of nitrogens with one attached hydrogen (secondary N) is 3. The van der Waals surface area contributed by atoms with Crippen molar-refractivity contribution in [2.45, 2.75) is 65.8 Å². The minimum atomic E-state index is 0. The summed E-state index contributed by atoms with van der Waals surface area (Å²) >= 11 is 0. The van der Waals surface area contributed by atoms with E-state index < -0.39 is 0 Å². The van der Waals surface area contributed by atoms with Crippen molar-refractivity contribution in [1.82, 2.24) is 16.0 Å². The highest BCUT2D eigenvalue weighted by atomic mass is 127. The van der Waals surface area contributed by atoms with Gasteiger partial charge in [-0.15, -0.1) is 24.0 Å². The van der Waals surface area contributed by atoms with E-state index in [-0.39, 0.29) is 35.9 Å². The molecule has 0 bridgehead atoms. The number of carbonyl (C=O) groups is 1. The second-order valence-corrected chi connectivity index (χ2v) is 7.28. The van der Waals surface area contributed by atoms with Crippen LogP contribution in [0.3, 0.4) is 0 Å². The van der Waals surface area contributed by atoms with Crippen molar-refractivity contribution in [2.75, 3.05) is 20.1 Å². The molecule has 1 aliphatic rings. The molecule has 1 amide bonds. The number of rotatable bonds is 8. The monoisotopic (exact) mass is 438 g/mol. The third kappa shape index (κ3) is 8.77. The van der Waals surface area contributed by atoms with Gasteiger partial charge in [0.2, 0.25) is 5.91 Å². The fourth-order valence-corrected chi connectivity index (χ4v) is 3.18. The lowest BCUT2D eigenvalue weighted by atomic mass is 9.64. The van der Waals surface area contributed by atoms with E-state index in [0.717, 1.165) is 18.4 Å². The van der Waals surface area contributed by atoms with Crippen LogP contribution in [0.25, 0.3) is 0 Å². The Balaban J connectivity index is 0.00000484. The summed E-state index contributed by atoms with van der Waals surface area (Å²) in [6.07, 6.45) is 5.71. The maximum Gasteiger partial charge on any atom is 0.221 e. The molecule has 5 nitrogen and oxygen atoms in total. The Hall–Kier alpha value is -0.530. The van der Waals surface area contributed by atoms with Gasteiger partial charge < -0.3 is 16.0 Å². The van der Waals surface area contributed by atoms with Crippen LogP contribution in [0.1, 0.15) is 59.8 Å². The number of carbonyl (C=O) groups excluding carboxylic acids is 1. The molecule has 0 unspecified atom stereocenters. The van der Waals surface area contributed by atoms with Crippen molar-refractivity contribution >= 4 is 35.8 Å². The minimum Gasteiger partial charge on any atom is -0.356 e. The van der Waals surface area contributed by atoms with E-state index in [0.29, 0.717) is 18.4 Å². The quantitative estimate of drug-likeness (QED) is 0.310. The lowest BCUT2D eigenvalue weighted by molar-refractivity contribution is -0.121. The van der Waals surface area contributed by atoms with Gasteiger partial charge in [0, 0.05) is 32.6 Å². The van der Waals surface area contributed by atoms with E-state index in [4.69, 9.17) is 0 Å². The molecule has 0 aliphatic heterocycles. The Kier molecular flexibility index (Phi) is 10.8. The van der Waals surface area contributed by atoms with E-state index in [1.165, 1.54) is 25.7 Å². The molecule has 0 saturated heterocycles. The standard InChI is InChI=1S/C17H34N4O.HI/c1-13(2)11-17(8-6-9-17)12-20-16(18-5)19-10-7-15(22)21-14(3)4;/h13-14H,6-12H2,1-5H3,(H,21,22)(H2,18,19,20);1H. The van der Waals surface area contributed by atoms with Gasteiger partial charge in [-0.05, 0) is 44.4 Å². The fourth-order valence-electron chi connectivity index (χ4n) is 3.18. The number of guanidine groups is 1. The smallest absolute Gasteiger partial charge is 0.221 e. The molecule has 6 heteroatoms. The minimum absolute atomic E-state index is 0. The van der Waals surface area contributed by atoms with Crippen molar-refractivity contribution in [3.05, 3.63) is 0 Å². The Morgan fingerprint density at radius 1 is 1.17 bits per heavy atom. The molecule has 23 heavy (non-hydrogen) atoms. The topological polar surface area (TPSA) is 65.5 Å². The first kappa shape index (κ1) is 22.5. The SMILES string of the molecule is CN=C(NCCC(=O)NC(C)C)NCC1(CC(C)C)CCC1.I. The van der Waals surface area contributed by atoms with Crippen LogP contribution in [0, 0.1) is 11.3 Å². The average molecular weight is 438 g/mol. The summed E-state index contributed by atoms with van der Waals surface area (Å²) in [4.78, 5) is 15.9. The van der Waals surface area contributed by atoms with E-state index in [9.17, 15) is 4.79 Å². The zero-order chi connectivity index (χ0) is 16.6. The first-order chi connectivity index (χ1) is 10.4. The highest BCUT2D eigenvalue weighted by Gasteiger charge is 2.37. The average Bonchev–Trinajstić information content (AvgIpc) is 2.37. The van der Waals surface area contributed by atoms with Gasteiger partial charge in [-0.25, -0.2) is 0 Å². The molecule has 1 aliphatic carbocycles. The second-order valence-electron chi connectivity index (χ2n) is 7.28. The number of halogens is 1. The second kappa shape index (κ2) is 11.1. The molecule has 1 saturated carbocycles. The number of hydrogen-bond donors (Lipinski definition) is 3. The molecule has 136 valence electrons. The van der Waals surface area contributed by atoms with Crippen molar-refractivity contribution in [2.24, 2.45) is 16.3 Å². The lowest BCUT2D eigenvalue weighted by Gasteiger charge is -2.43. The molecule has 0 radical (unpaired) electrons. The summed E-state index contributed by atoms with van der Waals surface area (Å²) in [5, 5.41) is 9.56. The highest BCUT2D eigenvalue weighted by molar-refractivity contribution is 14.0. The van der Waals surface area contributed by atoms with Crippen LogP contribution >= 0.6 is 24.0 Å². The summed E-state index contributed by atoms with van der Waals surface area (Å²) in [7, 11) is 1.78. The van der Waals surface area contributed by atoms with Crippen molar-refractivity contribution < 1.29 is 4.79 Å². The molecule has 0 aromatic carbocycles. The summed E-state index contributed by atoms with van der Waals surface area (Å²) in [5.74, 6) is 1.61. The molecule has 0 aromatic rings. The van der Waals surface area contributed by atoms with Crippen LogP contribution in [0.4, 0.5) is 0 Å². The van der Waals surface area contributed by atoms with E-state index in [2.05, 4.69) is 34.8 Å². The Labute approximate surface area is 158 Å². The van der Waals surface area contributed by atoms with Crippen LogP contribution in [0.5, 0.6) is 0 Å². The van der Waals surface area contributed by atoms with Crippen molar-refractivity contribution in [3.63, 3.8) is 0 Å². The molecular weight excluding hydrogens is 403 g/mol. The van der Waals surface area contributed by atoms with Crippen molar-refractivity contribution in [1.29, 1.82) is 0 Å². The summed E-state index contributed by atoms with van der Waals surface area (Å²) in [6, 6.07) is 0.194. The maximum atomic E-state index is 11.6. The molecular formula is C17H35IN4O. The zero-order valence-corrected chi connectivity index (χ0v) is 17.7. The predicted molar refractivity (Wildman–Crippen MR) is 108 cm³/mol. The van der Waals surface area contributed by atoms with E-state index in [1.807, 2.05) is 13.8 Å². The van der Waals surface area contributed by atoms with Gasteiger partial charge in [-0.2, -0.15) is 0 Å². The Bertz CT molecular complexity index is 379. The number of hydrogen-bond acceptors (Lipinski definition) is 2. The zero-order valence-electron chi connectivity index (χ0n) is 15.4. The molecule has 1 rings (SSSR count). The van der Waals surface area contributed by atoms with E-state index in [1.54, 1.807) is 7.05 Å². The first-order valence-electron chi connectivity index (χ1n) is 8.61. The van der Waals surface area contributed by atoms with Crippen LogP contribution in [0.15, 0.2) is 4.99 Å². The number of aliphatic imine (C=N–C) groups is 1. The van der Waals surface area contributed by atoms with Gasteiger partial charge >= 0.3 is 0 Å². The van der Waals surface area contributed by atoms with Crippen LogP contribution < -0.4 is 16.0 Å². The van der Waals surface area contributed by atoms with Crippen LogP contribution in [-0.2, 0) is 4.79 Å². The molecule has 1 fully saturated rings. The summed E-state index contributed by atoms with van der Waals surface area (Å²) < 4.78 is 0. The third-order valence-electron chi connectivity index (χ3n) is 4.20. The van der Waals surface area contributed by atoms with Gasteiger partial charge in [0.15, 0.2) is 5.96 Å². The van der Waals surface area contributed by atoms with Crippen LogP contribution in [0.2, 0.25) is 0 Å². The van der Waals surface area contributed by atoms with Gasteiger partial charge in [0.05, 0.1) is 0 Å². The molecule has 0 spiro atoms. The number of nitrogens with zero attached hydrogens (tertiary/aromatic N) is 1. The Morgan fingerprint density at radius 2 is 1.83 bits per heavy atom. The number of amides is 1.